The van der Waals surface area contributed by atoms with E-state index in [4.69, 9.17) is 4.74 Å². The maximum Gasteiger partial charge on any atom is 0.258 e. The Bertz CT molecular complexity index is 567. The lowest BCUT2D eigenvalue weighted by Gasteiger charge is -2.27. The third kappa shape index (κ3) is 3.24. The van der Waals surface area contributed by atoms with Crippen molar-refractivity contribution >= 4 is 11.9 Å². The number of nitrogens with zero attached hydrogens (tertiary/aromatic N) is 7. The van der Waals surface area contributed by atoms with Gasteiger partial charge in [0.05, 0.1) is 13.2 Å². The van der Waals surface area contributed by atoms with Crippen molar-refractivity contribution in [2.24, 2.45) is 0 Å². The zero-order valence-electron chi connectivity index (χ0n) is 11.9. The van der Waals surface area contributed by atoms with E-state index in [0.29, 0.717) is 31.1 Å². The number of morpholine rings is 1. The monoisotopic (exact) mass is 290 g/mol. The van der Waals surface area contributed by atoms with Gasteiger partial charge in [0.15, 0.2) is 0 Å². The Labute approximate surface area is 122 Å². The molecule has 0 aliphatic carbocycles. The van der Waals surface area contributed by atoms with E-state index in [0.717, 1.165) is 26.1 Å². The van der Waals surface area contributed by atoms with E-state index in [9.17, 15) is 0 Å². The fraction of sp³-hybridized carbons (Fsp3) is 0.583. The molecule has 1 fully saturated rings. The topological polar surface area (TPSA) is 93.9 Å². The molecule has 0 atom stereocenters. The van der Waals surface area contributed by atoms with Crippen LogP contribution in [0.5, 0.6) is 0 Å². The minimum Gasteiger partial charge on any atom is -0.378 e. The predicted octanol–water partition coefficient (Wildman–Crippen LogP) is 0.111. The van der Waals surface area contributed by atoms with Crippen LogP contribution in [0.2, 0.25) is 0 Å². The average molecular weight is 290 g/mol. The zero-order valence-corrected chi connectivity index (χ0v) is 11.9. The number of nitrogens with one attached hydrogen (secondary N) is 1. The molecule has 9 heteroatoms. The van der Waals surface area contributed by atoms with Gasteiger partial charge in [0, 0.05) is 19.6 Å². The van der Waals surface area contributed by atoms with Crippen molar-refractivity contribution in [3.63, 3.8) is 0 Å². The summed E-state index contributed by atoms with van der Waals surface area (Å²) in [6.45, 7) is 5.81. The number of rotatable bonds is 5. The Morgan fingerprint density at radius 2 is 2.00 bits per heavy atom. The molecular formula is C12H18N8O. The van der Waals surface area contributed by atoms with Gasteiger partial charge in [-0.1, -0.05) is 6.92 Å². The van der Waals surface area contributed by atoms with Gasteiger partial charge in [0.2, 0.25) is 11.9 Å². The van der Waals surface area contributed by atoms with Crippen molar-refractivity contribution in [3.8, 4) is 5.95 Å². The fourth-order valence-corrected chi connectivity index (χ4v) is 1.99. The maximum absolute atomic E-state index is 5.36. The summed E-state index contributed by atoms with van der Waals surface area (Å²) in [7, 11) is 0. The summed E-state index contributed by atoms with van der Waals surface area (Å²) in [6, 6.07) is 0. The van der Waals surface area contributed by atoms with Crippen molar-refractivity contribution < 1.29 is 4.74 Å². The molecule has 21 heavy (non-hydrogen) atoms. The molecule has 2 aromatic heterocycles. The van der Waals surface area contributed by atoms with E-state index in [2.05, 4.69) is 42.2 Å². The van der Waals surface area contributed by atoms with Crippen LogP contribution in [0, 0.1) is 0 Å². The predicted molar refractivity (Wildman–Crippen MR) is 76.6 cm³/mol. The Kier molecular flexibility index (Phi) is 4.20. The first-order valence-corrected chi connectivity index (χ1v) is 7.04. The van der Waals surface area contributed by atoms with Crippen molar-refractivity contribution in [2.75, 3.05) is 43.1 Å². The number of hydrogen-bond acceptors (Lipinski definition) is 8. The molecular weight excluding hydrogens is 272 g/mol. The summed E-state index contributed by atoms with van der Waals surface area (Å²) in [5.74, 6) is 1.65. The lowest BCUT2D eigenvalue weighted by atomic mass is 10.4. The molecule has 0 aromatic carbocycles. The lowest BCUT2D eigenvalue weighted by molar-refractivity contribution is 0.122. The quantitative estimate of drug-likeness (QED) is 0.829. The molecule has 3 rings (SSSR count). The van der Waals surface area contributed by atoms with Gasteiger partial charge in [-0.15, -0.1) is 0 Å². The number of anilines is 2. The van der Waals surface area contributed by atoms with Gasteiger partial charge in [-0.25, -0.2) is 4.98 Å². The Morgan fingerprint density at radius 3 is 2.71 bits per heavy atom. The fourth-order valence-electron chi connectivity index (χ4n) is 1.99. The molecule has 1 aliphatic heterocycles. The molecule has 0 amide bonds. The van der Waals surface area contributed by atoms with Crippen molar-refractivity contribution in [2.45, 2.75) is 13.3 Å². The molecule has 112 valence electrons. The van der Waals surface area contributed by atoms with E-state index in [1.165, 1.54) is 11.0 Å². The van der Waals surface area contributed by atoms with E-state index in [-0.39, 0.29) is 0 Å². The minimum atomic E-state index is 0.461. The highest BCUT2D eigenvalue weighted by atomic mass is 16.5. The van der Waals surface area contributed by atoms with E-state index >= 15 is 0 Å². The van der Waals surface area contributed by atoms with Crippen LogP contribution in [-0.2, 0) is 4.74 Å². The smallest absolute Gasteiger partial charge is 0.258 e. The van der Waals surface area contributed by atoms with Gasteiger partial charge >= 0.3 is 0 Å². The van der Waals surface area contributed by atoms with Crippen molar-refractivity contribution in [1.82, 2.24) is 29.7 Å². The van der Waals surface area contributed by atoms with Crippen LogP contribution in [0.4, 0.5) is 11.9 Å². The second-order valence-electron chi connectivity index (χ2n) is 4.63. The zero-order chi connectivity index (χ0) is 14.5. The second kappa shape index (κ2) is 6.44. The molecule has 0 spiro atoms. The number of ether oxygens (including phenoxy) is 1. The molecule has 0 bridgehead atoms. The highest BCUT2D eigenvalue weighted by Crippen LogP contribution is 2.14. The highest BCUT2D eigenvalue weighted by molar-refractivity contribution is 5.40. The van der Waals surface area contributed by atoms with E-state index in [1.54, 1.807) is 6.33 Å². The first kappa shape index (κ1) is 13.7. The van der Waals surface area contributed by atoms with Crippen LogP contribution in [0.25, 0.3) is 5.95 Å². The summed E-state index contributed by atoms with van der Waals surface area (Å²) in [5, 5.41) is 7.27. The molecule has 9 nitrogen and oxygen atoms in total. The Morgan fingerprint density at radius 1 is 1.19 bits per heavy atom. The van der Waals surface area contributed by atoms with Crippen LogP contribution < -0.4 is 10.2 Å². The molecule has 1 saturated heterocycles. The van der Waals surface area contributed by atoms with Crippen LogP contribution in [0.15, 0.2) is 12.7 Å². The highest BCUT2D eigenvalue weighted by Gasteiger charge is 2.17. The minimum absolute atomic E-state index is 0.461. The summed E-state index contributed by atoms with van der Waals surface area (Å²) in [4.78, 5) is 19.3. The van der Waals surface area contributed by atoms with Crippen molar-refractivity contribution in [1.29, 1.82) is 0 Å². The number of aromatic nitrogens is 6. The van der Waals surface area contributed by atoms with Crippen LogP contribution in [0.3, 0.4) is 0 Å². The molecule has 0 saturated carbocycles. The Hall–Kier alpha value is -2.29. The largest absolute Gasteiger partial charge is 0.378 e. The van der Waals surface area contributed by atoms with Gasteiger partial charge in [-0.05, 0) is 6.42 Å². The van der Waals surface area contributed by atoms with Gasteiger partial charge < -0.3 is 15.0 Å². The summed E-state index contributed by atoms with van der Waals surface area (Å²) in [6.07, 6.45) is 4.02. The summed E-state index contributed by atoms with van der Waals surface area (Å²) >= 11 is 0. The normalized spacial score (nSPS) is 15.2. The molecule has 1 aliphatic rings. The molecule has 2 aromatic rings. The third-order valence-corrected chi connectivity index (χ3v) is 3.06. The second-order valence-corrected chi connectivity index (χ2v) is 4.63. The summed E-state index contributed by atoms with van der Waals surface area (Å²) in [5.41, 5.74) is 0. The maximum atomic E-state index is 5.36. The van der Waals surface area contributed by atoms with Crippen LogP contribution >= 0.6 is 0 Å². The standard InChI is InChI=1S/C12H18N8O/c1-2-3-14-10-16-11(19-4-6-21-7-5-19)18-12(17-10)20-9-13-8-15-20/h8-9H,2-7H2,1H3,(H,14,16,17,18). The van der Waals surface area contributed by atoms with Gasteiger partial charge in [-0.2, -0.15) is 24.7 Å². The SMILES string of the molecule is CCCNc1nc(N2CCOCC2)nc(-n2cncn2)n1. The molecule has 1 N–H and O–H groups in total. The van der Waals surface area contributed by atoms with E-state index in [1.807, 2.05) is 0 Å². The Balaban J connectivity index is 1.92. The summed E-state index contributed by atoms with van der Waals surface area (Å²) < 4.78 is 6.89. The van der Waals surface area contributed by atoms with Gasteiger partial charge in [-0.3, -0.25) is 0 Å². The average Bonchev–Trinajstić information content (AvgIpc) is 3.08. The van der Waals surface area contributed by atoms with E-state index < -0.39 is 0 Å². The molecule has 0 unspecified atom stereocenters. The van der Waals surface area contributed by atoms with Crippen molar-refractivity contribution in [3.05, 3.63) is 12.7 Å². The molecule has 3 heterocycles. The third-order valence-electron chi connectivity index (χ3n) is 3.06. The van der Waals surface area contributed by atoms with Crippen LogP contribution in [0.1, 0.15) is 13.3 Å². The van der Waals surface area contributed by atoms with Gasteiger partial charge in [0.25, 0.3) is 5.95 Å². The molecule has 0 radical (unpaired) electrons. The van der Waals surface area contributed by atoms with Crippen LogP contribution in [-0.4, -0.2) is 62.6 Å². The first-order chi connectivity index (χ1) is 10.4. The lowest BCUT2D eigenvalue weighted by Crippen LogP contribution is -2.37. The van der Waals surface area contributed by atoms with Gasteiger partial charge in [0.1, 0.15) is 12.7 Å². The first-order valence-electron chi connectivity index (χ1n) is 7.04. The number of hydrogen-bond donors (Lipinski definition) is 1.